The molecule has 76 valence electrons. The predicted octanol–water partition coefficient (Wildman–Crippen LogP) is 1.45. The summed E-state index contributed by atoms with van der Waals surface area (Å²) in [6.45, 7) is 0. The fraction of sp³-hybridized carbons (Fsp3) is 0. The Morgan fingerprint density at radius 2 is 1.87 bits per heavy atom. The van der Waals surface area contributed by atoms with Crippen LogP contribution in [0.1, 0.15) is 0 Å². The van der Waals surface area contributed by atoms with E-state index in [2.05, 4.69) is 9.97 Å². The number of nitrogens with zero attached hydrogens (tertiary/aromatic N) is 2. The summed E-state index contributed by atoms with van der Waals surface area (Å²) >= 11 is 0. The van der Waals surface area contributed by atoms with Crippen LogP contribution in [0.25, 0.3) is 11.3 Å². The van der Waals surface area contributed by atoms with Gasteiger partial charge in [-0.2, -0.15) is 4.98 Å². The van der Waals surface area contributed by atoms with E-state index < -0.39 is 0 Å². The van der Waals surface area contributed by atoms with Gasteiger partial charge in [0.15, 0.2) is 0 Å². The van der Waals surface area contributed by atoms with Crippen LogP contribution in [-0.4, -0.2) is 9.97 Å². The molecule has 1 aromatic carbocycles. The highest BCUT2D eigenvalue weighted by Crippen LogP contribution is 2.19. The highest BCUT2D eigenvalue weighted by molar-refractivity contribution is 5.63. The molecule has 4 nitrogen and oxygen atoms in total. The second-order valence-corrected chi connectivity index (χ2v) is 3.05. The first-order chi connectivity index (χ1) is 7.15. The zero-order valence-electron chi connectivity index (χ0n) is 7.81. The lowest BCUT2D eigenvalue weighted by Gasteiger charge is -2.02. The van der Waals surface area contributed by atoms with Crippen LogP contribution in [0, 0.1) is 5.82 Å². The maximum Gasteiger partial charge on any atom is 0.222 e. The molecule has 1 heterocycles. The summed E-state index contributed by atoms with van der Waals surface area (Å²) in [6, 6.07) is 7.59. The lowest BCUT2D eigenvalue weighted by molar-refractivity contribution is 0.628. The van der Waals surface area contributed by atoms with E-state index in [9.17, 15) is 4.39 Å². The summed E-state index contributed by atoms with van der Waals surface area (Å²) < 4.78 is 12.9. The molecule has 0 saturated carbocycles. The number of rotatable bonds is 1. The minimum atomic E-state index is -0.330. The smallest absolute Gasteiger partial charge is 0.222 e. The summed E-state index contributed by atoms with van der Waals surface area (Å²) in [5.41, 5.74) is 12.1. The number of anilines is 2. The van der Waals surface area contributed by atoms with Gasteiger partial charge in [0.1, 0.15) is 11.6 Å². The zero-order chi connectivity index (χ0) is 10.8. The van der Waals surface area contributed by atoms with Gasteiger partial charge in [-0.15, -0.1) is 0 Å². The maximum atomic E-state index is 12.9. The summed E-state index contributed by atoms with van der Waals surface area (Å²) in [6.07, 6.45) is 0. The molecule has 0 bridgehead atoms. The molecule has 0 saturated heterocycles. The Hall–Kier alpha value is -2.17. The Morgan fingerprint density at radius 3 is 2.53 bits per heavy atom. The van der Waals surface area contributed by atoms with Crippen molar-refractivity contribution in [2.45, 2.75) is 0 Å². The molecule has 2 rings (SSSR count). The third-order valence-corrected chi connectivity index (χ3v) is 1.88. The minimum Gasteiger partial charge on any atom is -0.384 e. The van der Waals surface area contributed by atoms with Crippen molar-refractivity contribution in [3.63, 3.8) is 0 Å². The SMILES string of the molecule is Nc1cc(-c2cccc(F)c2)nc(N)n1. The van der Waals surface area contributed by atoms with Crippen molar-refractivity contribution >= 4 is 11.8 Å². The molecule has 4 N–H and O–H groups in total. The van der Waals surface area contributed by atoms with Gasteiger partial charge in [-0.3, -0.25) is 0 Å². The van der Waals surface area contributed by atoms with E-state index >= 15 is 0 Å². The van der Waals surface area contributed by atoms with Gasteiger partial charge >= 0.3 is 0 Å². The first-order valence-electron chi connectivity index (χ1n) is 4.31. The normalized spacial score (nSPS) is 10.2. The van der Waals surface area contributed by atoms with Gasteiger partial charge in [-0.1, -0.05) is 12.1 Å². The summed E-state index contributed by atoms with van der Waals surface area (Å²) in [5, 5.41) is 0. The van der Waals surface area contributed by atoms with Crippen molar-refractivity contribution < 1.29 is 4.39 Å². The Morgan fingerprint density at radius 1 is 1.07 bits per heavy atom. The van der Waals surface area contributed by atoms with Gasteiger partial charge in [0.2, 0.25) is 5.95 Å². The molecule has 0 aliphatic carbocycles. The zero-order valence-corrected chi connectivity index (χ0v) is 7.81. The lowest BCUT2D eigenvalue weighted by atomic mass is 10.1. The second kappa shape index (κ2) is 3.53. The molecule has 15 heavy (non-hydrogen) atoms. The van der Waals surface area contributed by atoms with Crippen LogP contribution >= 0.6 is 0 Å². The number of hydrogen-bond donors (Lipinski definition) is 2. The van der Waals surface area contributed by atoms with Crippen LogP contribution in [0.5, 0.6) is 0 Å². The van der Waals surface area contributed by atoms with Gasteiger partial charge in [-0.25, -0.2) is 9.37 Å². The average Bonchev–Trinajstić information content (AvgIpc) is 2.16. The Balaban J connectivity index is 2.54. The van der Waals surface area contributed by atoms with Crippen molar-refractivity contribution in [2.75, 3.05) is 11.5 Å². The lowest BCUT2D eigenvalue weighted by Crippen LogP contribution is -2.00. The van der Waals surface area contributed by atoms with E-state index in [4.69, 9.17) is 11.5 Å². The molecule has 0 aliphatic rings. The van der Waals surface area contributed by atoms with Gasteiger partial charge in [0.05, 0.1) is 5.69 Å². The van der Waals surface area contributed by atoms with Crippen molar-refractivity contribution in [2.24, 2.45) is 0 Å². The van der Waals surface area contributed by atoms with Crippen LogP contribution in [0.2, 0.25) is 0 Å². The number of nitrogens with two attached hydrogens (primary N) is 2. The van der Waals surface area contributed by atoms with Crippen molar-refractivity contribution in [3.8, 4) is 11.3 Å². The number of halogens is 1. The molecule has 0 aliphatic heterocycles. The van der Waals surface area contributed by atoms with Crippen molar-refractivity contribution in [1.82, 2.24) is 9.97 Å². The number of hydrogen-bond acceptors (Lipinski definition) is 4. The Labute approximate surface area is 85.8 Å². The topological polar surface area (TPSA) is 77.8 Å². The Kier molecular flexibility index (Phi) is 2.21. The highest BCUT2D eigenvalue weighted by atomic mass is 19.1. The van der Waals surface area contributed by atoms with E-state index in [0.29, 0.717) is 11.3 Å². The van der Waals surface area contributed by atoms with Gasteiger partial charge in [-0.05, 0) is 12.1 Å². The molecule has 0 fully saturated rings. The Bertz CT molecular complexity index is 478. The third-order valence-electron chi connectivity index (χ3n) is 1.88. The quantitative estimate of drug-likeness (QED) is 0.736. The minimum absolute atomic E-state index is 0.0780. The fourth-order valence-electron chi connectivity index (χ4n) is 1.28. The number of aromatic nitrogens is 2. The second-order valence-electron chi connectivity index (χ2n) is 3.05. The maximum absolute atomic E-state index is 12.9. The molecular weight excluding hydrogens is 195 g/mol. The van der Waals surface area contributed by atoms with Crippen LogP contribution in [0.4, 0.5) is 16.2 Å². The molecular formula is C10H9FN4. The number of nitrogen functional groups attached to an aromatic ring is 2. The molecule has 0 amide bonds. The molecule has 0 radical (unpaired) electrons. The molecule has 0 atom stereocenters. The first kappa shape index (κ1) is 9.39. The largest absolute Gasteiger partial charge is 0.384 e. The van der Waals surface area contributed by atoms with Crippen LogP contribution in [0.15, 0.2) is 30.3 Å². The predicted molar refractivity (Wildman–Crippen MR) is 56.3 cm³/mol. The van der Waals surface area contributed by atoms with Gasteiger partial charge < -0.3 is 11.5 Å². The van der Waals surface area contributed by atoms with E-state index in [0.717, 1.165) is 0 Å². The summed E-state index contributed by atoms with van der Waals surface area (Å²) in [5.74, 6) is 0.0132. The van der Waals surface area contributed by atoms with E-state index in [1.165, 1.54) is 12.1 Å². The molecule has 0 unspecified atom stereocenters. The van der Waals surface area contributed by atoms with Crippen LogP contribution in [0.3, 0.4) is 0 Å². The van der Waals surface area contributed by atoms with Crippen molar-refractivity contribution in [3.05, 3.63) is 36.1 Å². The monoisotopic (exact) mass is 204 g/mol. The van der Waals surface area contributed by atoms with E-state index in [1.54, 1.807) is 18.2 Å². The van der Waals surface area contributed by atoms with E-state index in [1.807, 2.05) is 0 Å². The van der Waals surface area contributed by atoms with Crippen LogP contribution in [-0.2, 0) is 0 Å². The standard InChI is InChI=1S/C10H9FN4/c11-7-3-1-2-6(4-7)8-5-9(12)15-10(13)14-8/h1-5H,(H4,12,13,14,15). The van der Waals surface area contributed by atoms with E-state index in [-0.39, 0.29) is 17.6 Å². The molecule has 1 aromatic heterocycles. The van der Waals surface area contributed by atoms with Gasteiger partial charge in [0, 0.05) is 11.6 Å². The fourth-order valence-corrected chi connectivity index (χ4v) is 1.28. The number of benzene rings is 1. The highest BCUT2D eigenvalue weighted by Gasteiger charge is 2.03. The van der Waals surface area contributed by atoms with Crippen molar-refractivity contribution in [1.29, 1.82) is 0 Å². The summed E-state index contributed by atoms with van der Waals surface area (Å²) in [4.78, 5) is 7.70. The molecule has 0 spiro atoms. The molecule has 2 aromatic rings. The van der Waals surface area contributed by atoms with Gasteiger partial charge in [0.25, 0.3) is 0 Å². The summed E-state index contributed by atoms with van der Waals surface area (Å²) in [7, 11) is 0. The van der Waals surface area contributed by atoms with Crippen LogP contribution < -0.4 is 11.5 Å². The third kappa shape index (κ3) is 2.01. The average molecular weight is 204 g/mol. The first-order valence-corrected chi connectivity index (χ1v) is 4.31. The molecule has 5 heteroatoms.